The van der Waals surface area contributed by atoms with Gasteiger partial charge in [-0.1, -0.05) is 0 Å². The Morgan fingerprint density at radius 2 is 1.94 bits per heavy atom. The van der Waals surface area contributed by atoms with Gasteiger partial charge in [-0.2, -0.15) is 0 Å². The Kier molecular flexibility index (Phi) is 3.13. The van der Waals surface area contributed by atoms with E-state index in [1.54, 1.807) is 19.1 Å². The zero-order valence-electron chi connectivity index (χ0n) is 9.45. The standard InChI is InChI=1S/C13H16O3/c1-2-16-13(15)11-7-9-5-3-4-6-10(9)8-12(11)14/h7-8,14H,2-6H2,1H3. The van der Waals surface area contributed by atoms with Crippen molar-refractivity contribution in [2.75, 3.05) is 6.61 Å². The second-order valence-corrected chi connectivity index (χ2v) is 4.07. The number of aromatic hydroxyl groups is 1. The number of ether oxygens (including phenoxy) is 1. The zero-order valence-corrected chi connectivity index (χ0v) is 9.45. The molecule has 0 amide bonds. The van der Waals surface area contributed by atoms with E-state index in [-0.39, 0.29) is 5.75 Å². The minimum atomic E-state index is -0.437. The fourth-order valence-electron chi connectivity index (χ4n) is 2.15. The van der Waals surface area contributed by atoms with Gasteiger partial charge in [0.25, 0.3) is 0 Å². The summed E-state index contributed by atoms with van der Waals surface area (Å²) >= 11 is 0. The van der Waals surface area contributed by atoms with Gasteiger partial charge < -0.3 is 9.84 Å². The molecule has 1 aromatic rings. The molecule has 0 heterocycles. The first kappa shape index (κ1) is 11.0. The van der Waals surface area contributed by atoms with Gasteiger partial charge in [-0.05, 0) is 55.9 Å². The summed E-state index contributed by atoms with van der Waals surface area (Å²) in [5, 5.41) is 9.76. The van der Waals surface area contributed by atoms with Gasteiger partial charge in [0.1, 0.15) is 11.3 Å². The molecule has 0 saturated carbocycles. The van der Waals surface area contributed by atoms with Crippen molar-refractivity contribution in [2.24, 2.45) is 0 Å². The van der Waals surface area contributed by atoms with Crippen molar-refractivity contribution in [1.29, 1.82) is 0 Å². The monoisotopic (exact) mass is 220 g/mol. The van der Waals surface area contributed by atoms with Gasteiger partial charge in [-0.25, -0.2) is 4.79 Å². The number of hydrogen-bond donors (Lipinski definition) is 1. The van der Waals surface area contributed by atoms with E-state index in [0.29, 0.717) is 12.2 Å². The lowest BCUT2D eigenvalue weighted by Gasteiger charge is -2.17. The number of benzene rings is 1. The zero-order chi connectivity index (χ0) is 11.5. The number of esters is 1. The third-order valence-electron chi connectivity index (χ3n) is 2.96. The molecular weight excluding hydrogens is 204 g/mol. The molecule has 3 heteroatoms. The molecule has 1 N–H and O–H groups in total. The molecule has 16 heavy (non-hydrogen) atoms. The average Bonchev–Trinajstić information content (AvgIpc) is 2.28. The summed E-state index contributed by atoms with van der Waals surface area (Å²) in [6.07, 6.45) is 4.29. The molecule has 0 aromatic heterocycles. The number of carbonyl (C=O) groups excluding carboxylic acids is 1. The molecule has 0 bridgehead atoms. The van der Waals surface area contributed by atoms with Gasteiger partial charge in [-0.15, -0.1) is 0 Å². The van der Waals surface area contributed by atoms with Crippen molar-refractivity contribution < 1.29 is 14.6 Å². The van der Waals surface area contributed by atoms with Crippen LogP contribution in [-0.2, 0) is 17.6 Å². The van der Waals surface area contributed by atoms with E-state index in [2.05, 4.69) is 0 Å². The van der Waals surface area contributed by atoms with Gasteiger partial charge in [0.05, 0.1) is 6.61 Å². The first-order valence-electron chi connectivity index (χ1n) is 5.74. The van der Waals surface area contributed by atoms with Crippen LogP contribution in [-0.4, -0.2) is 17.7 Å². The van der Waals surface area contributed by atoms with Crippen molar-refractivity contribution in [2.45, 2.75) is 32.6 Å². The smallest absolute Gasteiger partial charge is 0.341 e. The number of carbonyl (C=O) groups is 1. The third-order valence-corrected chi connectivity index (χ3v) is 2.96. The lowest BCUT2D eigenvalue weighted by molar-refractivity contribution is 0.0523. The Morgan fingerprint density at radius 1 is 1.31 bits per heavy atom. The van der Waals surface area contributed by atoms with Crippen LogP contribution in [0.3, 0.4) is 0 Å². The molecular formula is C13H16O3. The van der Waals surface area contributed by atoms with Crippen molar-refractivity contribution in [3.05, 3.63) is 28.8 Å². The fourth-order valence-corrected chi connectivity index (χ4v) is 2.15. The Morgan fingerprint density at radius 3 is 2.56 bits per heavy atom. The second kappa shape index (κ2) is 4.56. The summed E-state index contributed by atoms with van der Waals surface area (Å²) in [7, 11) is 0. The molecule has 1 aliphatic rings. The van der Waals surface area contributed by atoms with Crippen LogP contribution in [0.25, 0.3) is 0 Å². The fraction of sp³-hybridized carbons (Fsp3) is 0.462. The summed E-state index contributed by atoms with van der Waals surface area (Å²) < 4.78 is 4.90. The largest absolute Gasteiger partial charge is 0.507 e. The number of aryl methyl sites for hydroxylation is 2. The van der Waals surface area contributed by atoms with Gasteiger partial charge >= 0.3 is 5.97 Å². The molecule has 2 rings (SSSR count). The van der Waals surface area contributed by atoms with E-state index in [1.807, 2.05) is 0 Å². The molecule has 0 unspecified atom stereocenters. The molecule has 0 atom stereocenters. The molecule has 1 aromatic carbocycles. The molecule has 0 spiro atoms. The Bertz CT molecular complexity index is 410. The normalized spacial score (nSPS) is 14.3. The molecule has 0 radical (unpaired) electrons. The Balaban J connectivity index is 2.35. The quantitative estimate of drug-likeness (QED) is 0.779. The highest BCUT2D eigenvalue weighted by Gasteiger charge is 2.17. The number of hydrogen-bond acceptors (Lipinski definition) is 3. The summed E-state index contributed by atoms with van der Waals surface area (Å²) in [5.74, 6) is -0.396. The third kappa shape index (κ3) is 2.03. The topological polar surface area (TPSA) is 46.5 Å². The summed E-state index contributed by atoms with van der Waals surface area (Å²) in [6.45, 7) is 2.09. The van der Waals surface area contributed by atoms with E-state index in [9.17, 15) is 9.90 Å². The number of fused-ring (bicyclic) bond motifs is 1. The Hall–Kier alpha value is -1.51. The summed E-state index contributed by atoms with van der Waals surface area (Å²) in [5.41, 5.74) is 2.63. The lowest BCUT2D eigenvalue weighted by Crippen LogP contribution is -2.09. The maximum Gasteiger partial charge on any atom is 0.341 e. The van der Waals surface area contributed by atoms with Crippen LogP contribution in [0.1, 0.15) is 41.3 Å². The molecule has 86 valence electrons. The minimum Gasteiger partial charge on any atom is -0.507 e. The van der Waals surface area contributed by atoms with E-state index < -0.39 is 5.97 Å². The maximum atomic E-state index is 11.6. The maximum absolute atomic E-state index is 11.6. The van der Waals surface area contributed by atoms with E-state index >= 15 is 0 Å². The molecule has 0 saturated heterocycles. The molecule has 1 aliphatic carbocycles. The minimum absolute atomic E-state index is 0.0408. The van der Waals surface area contributed by atoms with E-state index in [4.69, 9.17) is 4.74 Å². The first-order chi connectivity index (χ1) is 7.72. The lowest BCUT2D eigenvalue weighted by atomic mass is 9.90. The van der Waals surface area contributed by atoms with Crippen LogP contribution in [0.15, 0.2) is 12.1 Å². The van der Waals surface area contributed by atoms with Crippen LogP contribution >= 0.6 is 0 Å². The number of phenolic OH excluding ortho intramolecular Hbond substituents is 1. The summed E-state index contributed by atoms with van der Waals surface area (Å²) in [4.78, 5) is 11.6. The molecule has 3 nitrogen and oxygen atoms in total. The van der Waals surface area contributed by atoms with Gasteiger partial charge in [0.15, 0.2) is 0 Å². The molecule has 0 fully saturated rings. The number of phenols is 1. The molecule has 0 aliphatic heterocycles. The SMILES string of the molecule is CCOC(=O)c1cc2c(cc1O)CCCC2. The van der Waals surface area contributed by atoms with Crippen molar-refractivity contribution in [3.63, 3.8) is 0 Å². The Labute approximate surface area is 95.0 Å². The number of rotatable bonds is 2. The predicted molar refractivity (Wildman–Crippen MR) is 60.7 cm³/mol. The van der Waals surface area contributed by atoms with Crippen LogP contribution in [0.4, 0.5) is 0 Å². The van der Waals surface area contributed by atoms with Crippen molar-refractivity contribution in [1.82, 2.24) is 0 Å². The van der Waals surface area contributed by atoms with E-state index in [0.717, 1.165) is 31.2 Å². The van der Waals surface area contributed by atoms with Gasteiger partial charge in [0.2, 0.25) is 0 Å². The van der Waals surface area contributed by atoms with Gasteiger partial charge in [-0.3, -0.25) is 0 Å². The highest BCUT2D eigenvalue weighted by Crippen LogP contribution is 2.28. The van der Waals surface area contributed by atoms with Crippen LogP contribution in [0.2, 0.25) is 0 Å². The van der Waals surface area contributed by atoms with Crippen LogP contribution in [0, 0.1) is 0 Å². The van der Waals surface area contributed by atoms with Crippen molar-refractivity contribution >= 4 is 5.97 Å². The predicted octanol–water partition coefficient (Wildman–Crippen LogP) is 2.45. The van der Waals surface area contributed by atoms with Crippen LogP contribution < -0.4 is 0 Å². The highest BCUT2D eigenvalue weighted by molar-refractivity contribution is 5.92. The average molecular weight is 220 g/mol. The first-order valence-corrected chi connectivity index (χ1v) is 5.74. The van der Waals surface area contributed by atoms with E-state index in [1.165, 1.54) is 5.56 Å². The second-order valence-electron chi connectivity index (χ2n) is 4.07. The highest BCUT2D eigenvalue weighted by atomic mass is 16.5. The van der Waals surface area contributed by atoms with Crippen LogP contribution in [0.5, 0.6) is 5.75 Å². The van der Waals surface area contributed by atoms with Crippen molar-refractivity contribution in [3.8, 4) is 5.75 Å². The summed E-state index contributed by atoms with van der Waals surface area (Å²) in [6, 6.07) is 3.49. The van der Waals surface area contributed by atoms with Gasteiger partial charge in [0, 0.05) is 0 Å².